The Hall–Kier alpha value is -1.18. The van der Waals surface area contributed by atoms with Gasteiger partial charge in [0.05, 0.1) is 24.5 Å². The fourth-order valence-electron chi connectivity index (χ4n) is 2.09. The van der Waals surface area contributed by atoms with Crippen LogP contribution in [0.5, 0.6) is 0 Å². The molecule has 1 aromatic heterocycles. The summed E-state index contributed by atoms with van der Waals surface area (Å²) >= 11 is 3.26. The molecule has 2 heterocycles. The van der Waals surface area contributed by atoms with E-state index in [1.807, 2.05) is 6.92 Å². The molecule has 1 saturated heterocycles. The van der Waals surface area contributed by atoms with Crippen molar-refractivity contribution in [3.8, 4) is 0 Å². The molecule has 6 nitrogen and oxygen atoms in total. The van der Waals surface area contributed by atoms with Gasteiger partial charge in [-0.05, 0) is 22.9 Å². The monoisotopic (exact) mass is 343 g/mol. The van der Waals surface area contributed by atoms with Gasteiger partial charge in [0.2, 0.25) is 0 Å². The zero-order valence-electron chi connectivity index (χ0n) is 11.3. The first-order chi connectivity index (χ1) is 9.48. The first kappa shape index (κ1) is 15.2. The third-order valence-electron chi connectivity index (χ3n) is 3.53. The average Bonchev–Trinajstić information content (AvgIpc) is 2.75. The van der Waals surface area contributed by atoms with Crippen LogP contribution in [0.1, 0.15) is 13.3 Å². The van der Waals surface area contributed by atoms with Gasteiger partial charge >= 0.3 is 0 Å². The van der Waals surface area contributed by atoms with Gasteiger partial charge in [-0.2, -0.15) is 5.10 Å². The lowest BCUT2D eigenvalue weighted by Crippen LogP contribution is -2.43. The Balaban J connectivity index is 2.12. The number of rotatable bonds is 5. The average molecular weight is 344 g/mol. The summed E-state index contributed by atoms with van der Waals surface area (Å²) in [5, 5.41) is 17.5. The lowest BCUT2D eigenvalue weighted by atomic mass is 9.97. The summed E-state index contributed by atoms with van der Waals surface area (Å²) < 4.78 is 7.06. The molecule has 1 aromatic rings. The van der Waals surface area contributed by atoms with Crippen LogP contribution >= 0.6 is 15.9 Å². The Morgan fingerprint density at radius 3 is 3.15 bits per heavy atom. The van der Waals surface area contributed by atoms with Crippen LogP contribution in [0.3, 0.4) is 0 Å². The summed E-state index contributed by atoms with van der Waals surface area (Å²) in [6.07, 6.45) is 3.50. The van der Waals surface area contributed by atoms with Gasteiger partial charge < -0.3 is 15.2 Å². The van der Waals surface area contributed by atoms with Crippen molar-refractivity contribution in [3.05, 3.63) is 33.7 Å². The van der Waals surface area contributed by atoms with Crippen molar-refractivity contribution >= 4 is 21.6 Å². The van der Waals surface area contributed by atoms with Crippen molar-refractivity contribution in [1.82, 2.24) is 9.78 Å². The van der Waals surface area contributed by atoms with E-state index in [0.29, 0.717) is 36.3 Å². The van der Waals surface area contributed by atoms with E-state index in [0.717, 1.165) is 0 Å². The molecule has 110 valence electrons. The predicted molar refractivity (Wildman–Crippen MR) is 79.9 cm³/mol. The van der Waals surface area contributed by atoms with Crippen molar-refractivity contribution < 1.29 is 9.84 Å². The molecule has 1 aliphatic heterocycles. The van der Waals surface area contributed by atoms with Gasteiger partial charge in [0.15, 0.2) is 0 Å². The lowest BCUT2D eigenvalue weighted by molar-refractivity contribution is -0.0176. The maximum Gasteiger partial charge on any atom is 0.283 e. The molecular formula is C13H18BrN3O3. The summed E-state index contributed by atoms with van der Waals surface area (Å²) in [5.41, 5.74) is -0.601. The first-order valence-electron chi connectivity index (χ1n) is 6.42. The topological polar surface area (TPSA) is 76.4 Å². The van der Waals surface area contributed by atoms with Gasteiger partial charge in [0.1, 0.15) is 10.1 Å². The highest BCUT2D eigenvalue weighted by molar-refractivity contribution is 9.10. The second-order valence-electron chi connectivity index (χ2n) is 4.87. The van der Waals surface area contributed by atoms with Crippen LogP contribution in [0.15, 0.2) is 28.1 Å². The number of ether oxygens (including phenoxy) is 1. The van der Waals surface area contributed by atoms with E-state index in [-0.39, 0.29) is 11.7 Å². The smallest absolute Gasteiger partial charge is 0.283 e. The summed E-state index contributed by atoms with van der Waals surface area (Å²) in [5.74, 6) is 0. The Morgan fingerprint density at radius 1 is 1.80 bits per heavy atom. The minimum Gasteiger partial charge on any atom is -0.385 e. The molecule has 1 aliphatic rings. The lowest BCUT2D eigenvalue weighted by Gasteiger charge is -2.26. The van der Waals surface area contributed by atoms with E-state index in [9.17, 15) is 9.90 Å². The summed E-state index contributed by atoms with van der Waals surface area (Å²) in [7, 11) is 0. The molecule has 0 saturated carbocycles. The maximum atomic E-state index is 12.0. The number of anilines is 1. The third kappa shape index (κ3) is 2.94. The second-order valence-corrected chi connectivity index (χ2v) is 5.66. The van der Waals surface area contributed by atoms with Gasteiger partial charge in [0, 0.05) is 19.6 Å². The number of aromatic nitrogens is 2. The van der Waals surface area contributed by atoms with Crippen LogP contribution in [0.4, 0.5) is 5.69 Å². The van der Waals surface area contributed by atoms with Crippen molar-refractivity contribution in [3.63, 3.8) is 0 Å². The first-order valence-corrected chi connectivity index (χ1v) is 7.21. The molecule has 2 rings (SSSR count). The van der Waals surface area contributed by atoms with Crippen molar-refractivity contribution in [2.45, 2.75) is 31.6 Å². The molecule has 2 atom stereocenters. The molecule has 2 unspecified atom stereocenters. The summed E-state index contributed by atoms with van der Waals surface area (Å²) in [6.45, 7) is 6.61. The molecule has 0 radical (unpaired) electrons. The van der Waals surface area contributed by atoms with Crippen LogP contribution < -0.4 is 10.9 Å². The van der Waals surface area contributed by atoms with Crippen LogP contribution in [0.2, 0.25) is 0 Å². The van der Waals surface area contributed by atoms with Gasteiger partial charge in [-0.15, -0.1) is 6.58 Å². The molecule has 2 N–H and O–H groups in total. The molecule has 0 aromatic carbocycles. The van der Waals surface area contributed by atoms with Crippen molar-refractivity contribution in [1.29, 1.82) is 0 Å². The Bertz CT molecular complexity index is 560. The van der Waals surface area contributed by atoms with Gasteiger partial charge in [-0.1, -0.05) is 6.08 Å². The standard InChI is InChI=1S/C13H18BrN3O3/c1-3-5-17-12(18)11(14)10(7-16-17)15-8-13(19)4-6-20-9(13)2/h3,7,9,15,19H,1,4-6,8H2,2H3. The Kier molecular flexibility index (Phi) is 4.62. The number of allylic oxidation sites excluding steroid dienone is 1. The fraction of sp³-hybridized carbons (Fsp3) is 0.538. The molecule has 1 fully saturated rings. The summed E-state index contributed by atoms with van der Waals surface area (Å²) in [6, 6.07) is 0. The highest BCUT2D eigenvalue weighted by Crippen LogP contribution is 2.27. The highest BCUT2D eigenvalue weighted by atomic mass is 79.9. The number of halogens is 1. The number of hydrogen-bond donors (Lipinski definition) is 2. The molecule has 0 amide bonds. The number of hydrogen-bond acceptors (Lipinski definition) is 5. The van der Waals surface area contributed by atoms with Gasteiger partial charge in [-0.25, -0.2) is 4.68 Å². The van der Waals surface area contributed by atoms with Crippen LogP contribution in [0.25, 0.3) is 0 Å². The third-order valence-corrected chi connectivity index (χ3v) is 4.30. The van der Waals surface area contributed by atoms with E-state index >= 15 is 0 Å². The zero-order chi connectivity index (χ0) is 14.8. The van der Waals surface area contributed by atoms with Crippen LogP contribution in [-0.4, -0.2) is 39.7 Å². The minimum atomic E-state index is -0.921. The molecule has 0 bridgehead atoms. The van der Waals surface area contributed by atoms with Gasteiger partial charge in [0.25, 0.3) is 5.56 Å². The Labute approximate surface area is 125 Å². The highest BCUT2D eigenvalue weighted by Gasteiger charge is 2.39. The fourth-order valence-corrected chi connectivity index (χ4v) is 2.54. The quantitative estimate of drug-likeness (QED) is 0.784. The molecule has 7 heteroatoms. The summed E-state index contributed by atoms with van der Waals surface area (Å²) in [4.78, 5) is 12.0. The second kappa shape index (κ2) is 6.07. The molecule has 0 aliphatic carbocycles. The zero-order valence-corrected chi connectivity index (χ0v) is 12.9. The SMILES string of the molecule is C=CCn1ncc(NCC2(O)CCOC2C)c(Br)c1=O. The minimum absolute atomic E-state index is 0.233. The van der Waals surface area contributed by atoms with E-state index in [1.165, 1.54) is 4.68 Å². The molecule has 0 spiro atoms. The normalized spacial score (nSPS) is 25.6. The Morgan fingerprint density at radius 2 is 2.55 bits per heavy atom. The number of aliphatic hydroxyl groups is 1. The predicted octanol–water partition coefficient (Wildman–Crippen LogP) is 1.14. The van der Waals surface area contributed by atoms with Crippen molar-refractivity contribution in [2.75, 3.05) is 18.5 Å². The van der Waals surface area contributed by atoms with E-state index in [1.54, 1.807) is 12.3 Å². The molecule has 20 heavy (non-hydrogen) atoms. The van der Waals surface area contributed by atoms with Crippen LogP contribution in [0, 0.1) is 0 Å². The molecular weight excluding hydrogens is 326 g/mol. The van der Waals surface area contributed by atoms with E-state index in [2.05, 4.69) is 32.9 Å². The van der Waals surface area contributed by atoms with Crippen molar-refractivity contribution in [2.24, 2.45) is 0 Å². The van der Waals surface area contributed by atoms with Crippen LogP contribution in [-0.2, 0) is 11.3 Å². The van der Waals surface area contributed by atoms with E-state index < -0.39 is 5.60 Å². The largest absolute Gasteiger partial charge is 0.385 e. The number of nitrogens with zero attached hydrogens (tertiary/aromatic N) is 2. The van der Waals surface area contributed by atoms with Gasteiger partial charge in [-0.3, -0.25) is 4.79 Å². The number of nitrogens with one attached hydrogen (secondary N) is 1. The maximum absolute atomic E-state index is 12.0. The van der Waals surface area contributed by atoms with E-state index in [4.69, 9.17) is 4.74 Å².